The van der Waals surface area contributed by atoms with Crippen molar-refractivity contribution in [3.8, 4) is 5.75 Å². The summed E-state index contributed by atoms with van der Waals surface area (Å²) in [5.74, 6) is -0.0210. The van der Waals surface area contributed by atoms with Gasteiger partial charge < -0.3 is 15.0 Å². The Bertz CT molecular complexity index is 1210. The second kappa shape index (κ2) is 13.3. The number of rotatable bonds is 11. The number of halogens is 1. The standard InChI is InChI=1S/C28H38ClN3O5S/c1-5-26(28(34)30-22-9-7-6-8-10-22)31(18-21-12-15-24(37-3)16-13-21)27(33)19-32(38(4,35)36)23-14-11-20(2)25(29)17-23/h11-17,22,26H,5-10,18-19H2,1-4H3,(H,30,34). The van der Waals surface area contributed by atoms with Crippen LogP contribution in [0.3, 0.4) is 0 Å². The van der Waals surface area contributed by atoms with Crippen molar-refractivity contribution >= 4 is 39.1 Å². The summed E-state index contributed by atoms with van der Waals surface area (Å²) >= 11 is 6.27. The van der Waals surface area contributed by atoms with Crippen molar-refractivity contribution in [2.24, 2.45) is 0 Å². The number of anilines is 1. The fourth-order valence-electron chi connectivity index (χ4n) is 4.74. The average Bonchev–Trinajstić information content (AvgIpc) is 2.89. The molecule has 10 heteroatoms. The van der Waals surface area contributed by atoms with E-state index in [0.29, 0.717) is 22.9 Å². The van der Waals surface area contributed by atoms with Crippen molar-refractivity contribution in [1.82, 2.24) is 10.2 Å². The molecule has 2 aromatic rings. The quantitative estimate of drug-likeness (QED) is 0.428. The van der Waals surface area contributed by atoms with Gasteiger partial charge in [-0.2, -0.15) is 0 Å². The van der Waals surface area contributed by atoms with Crippen molar-refractivity contribution in [3.05, 3.63) is 58.6 Å². The highest BCUT2D eigenvalue weighted by Gasteiger charge is 2.33. The molecule has 0 aromatic heterocycles. The minimum absolute atomic E-state index is 0.0884. The van der Waals surface area contributed by atoms with Gasteiger partial charge in [-0.25, -0.2) is 8.42 Å². The Labute approximate surface area is 231 Å². The molecule has 208 valence electrons. The van der Waals surface area contributed by atoms with E-state index in [-0.39, 0.29) is 18.5 Å². The number of ether oxygens (including phenoxy) is 1. The number of sulfonamides is 1. The summed E-state index contributed by atoms with van der Waals surface area (Å²) in [7, 11) is -2.25. The largest absolute Gasteiger partial charge is 0.497 e. The van der Waals surface area contributed by atoms with Gasteiger partial charge in [0, 0.05) is 17.6 Å². The minimum atomic E-state index is -3.82. The van der Waals surface area contributed by atoms with E-state index >= 15 is 0 Å². The summed E-state index contributed by atoms with van der Waals surface area (Å²) in [5.41, 5.74) is 1.88. The minimum Gasteiger partial charge on any atom is -0.497 e. The van der Waals surface area contributed by atoms with Gasteiger partial charge in [-0.3, -0.25) is 13.9 Å². The Morgan fingerprint density at radius 1 is 1.11 bits per heavy atom. The lowest BCUT2D eigenvalue weighted by Crippen LogP contribution is -2.53. The van der Waals surface area contributed by atoms with Crippen LogP contribution in [0.15, 0.2) is 42.5 Å². The molecule has 2 amide bonds. The fourth-order valence-corrected chi connectivity index (χ4v) is 5.76. The third kappa shape index (κ3) is 7.86. The summed E-state index contributed by atoms with van der Waals surface area (Å²) in [6.07, 6.45) is 6.58. The number of hydrogen-bond donors (Lipinski definition) is 1. The van der Waals surface area contributed by atoms with Crippen LogP contribution in [0.5, 0.6) is 5.75 Å². The maximum Gasteiger partial charge on any atom is 0.244 e. The number of carbonyl (C=O) groups excluding carboxylic acids is 2. The number of methoxy groups -OCH3 is 1. The second-order valence-electron chi connectivity index (χ2n) is 9.84. The van der Waals surface area contributed by atoms with Crippen LogP contribution in [0, 0.1) is 6.92 Å². The molecular weight excluding hydrogens is 526 g/mol. The molecule has 3 rings (SSSR count). The maximum absolute atomic E-state index is 13.8. The zero-order valence-corrected chi connectivity index (χ0v) is 24.1. The van der Waals surface area contributed by atoms with Crippen LogP contribution in [0.25, 0.3) is 0 Å². The molecule has 8 nitrogen and oxygen atoms in total. The third-order valence-electron chi connectivity index (χ3n) is 6.97. The molecule has 38 heavy (non-hydrogen) atoms. The molecule has 1 fully saturated rings. The molecule has 1 unspecified atom stereocenters. The van der Waals surface area contributed by atoms with E-state index in [4.69, 9.17) is 16.3 Å². The van der Waals surface area contributed by atoms with E-state index in [2.05, 4.69) is 5.32 Å². The average molecular weight is 564 g/mol. The van der Waals surface area contributed by atoms with Crippen LogP contribution in [0.4, 0.5) is 5.69 Å². The van der Waals surface area contributed by atoms with E-state index in [1.807, 2.05) is 26.0 Å². The van der Waals surface area contributed by atoms with Gasteiger partial charge in [0.15, 0.2) is 0 Å². The zero-order chi connectivity index (χ0) is 27.9. The molecule has 1 aliphatic carbocycles. The molecule has 0 saturated heterocycles. The number of hydrogen-bond acceptors (Lipinski definition) is 5. The van der Waals surface area contributed by atoms with E-state index in [1.54, 1.807) is 31.4 Å². The Morgan fingerprint density at radius 3 is 2.32 bits per heavy atom. The third-order valence-corrected chi connectivity index (χ3v) is 8.52. The van der Waals surface area contributed by atoms with Crippen molar-refractivity contribution in [2.45, 2.75) is 71.0 Å². The van der Waals surface area contributed by atoms with Crippen molar-refractivity contribution in [3.63, 3.8) is 0 Å². The van der Waals surface area contributed by atoms with E-state index < -0.39 is 28.5 Å². The summed E-state index contributed by atoms with van der Waals surface area (Å²) < 4.78 is 31.8. The highest BCUT2D eigenvalue weighted by atomic mass is 35.5. The Kier molecular flexibility index (Phi) is 10.4. The van der Waals surface area contributed by atoms with Gasteiger partial charge in [-0.15, -0.1) is 0 Å². The van der Waals surface area contributed by atoms with E-state index in [9.17, 15) is 18.0 Å². The van der Waals surface area contributed by atoms with Crippen LogP contribution >= 0.6 is 11.6 Å². The number of carbonyl (C=O) groups is 2. The van der Waals surface area contributed by atoms with Crippen LogP contribution in [-0.2, 0) is 26.2 Å². The molecule has 1 atom stereocenters. The number of aryl methyl sites for hydroxylation is 1. The summed E-state index contributed by atoms with van der Waals surface area (Å²) in [6.45, 7) is 3.36. The lowest BCUT2D eigenvalue weighted by atomic mass is 9.95. The van der Waals surface area contributed by atoms with E-state index in [0.717, 1.165) is 53.8 Å². The summed E-state index contributed by atoms with van der Waals surface area (Å²) in [6, 6.07) is 11.4. The van der Waals surface area contributed by atoms with Crippen LogP contribution in [0.1, 0.15) is 56.6 Å². The van der Waals surface area contributed by atoms with Crippen LogP contribution < -0.4 is 14.4 Å². The number of nitrogens with one attached hydrogen (secondary N) is 1. The van der Waals surface area contributed by atoms with Gasteiger partial charge in [0.1, 0.15) is 18.3 Å². The maximum atomic E-state index is 13.8. The topological polar surface area (TPSA) is 96.0 Å². The molecule has 1 N–H and O–H groups in total. The predicted molar refractivity (Wildman–Crippen MR) is 151 cm³/mol. The predicted octanol–water partition coefficient (Wildman–Crippen LogP) is 4.68. The Hall–Kier alpha value is -2.78. The van der Waals surface area contributed by atoms with Gasteiger partial charge in [-0.1, -0.05) is 56.0 Å². The first kappa shape index (κ1) is 29.8. The smallest absolute Gasteiger partial charge is 0.244 e. The zero-order valence-electron chi connectivity index (χ0n) is 22.6. The molecule has 0 spiro atoms. The first-order valence-corrected chi connectivity index (χ1v) is 15.2. The van der Waals surface area contributed by atoms with Crippen molar-refractivity contribution in [2.75, 3.05) is 24.2 Å². The molecule has 0 aliphatic heterocycles. The Morgan fingerprint density at radius 2 is 1.76 bits per heavy atom. The molecule has 0 radical (unpaired) electrons. The van der Waals surface area contributed by atoms with Crippen LogP contribution in [-0.4, -0.2) is 57.1 Å². The van der Waals surface area contributed by atoms with Crippen LogP contribution in [0.2, 0.25) is 5.02 Å². The van der Waals surface area contributed by atoms with Crippen molar-refractivity contribution in [1.29, 1.82) is 0 Å². The normalized spacial score (nSPS) is 15.0. The molecule has 2 aromatic carbocycles. The van der Waals surface area contributed by atoms with Gasteiger partial charge in [0.25, 0.3) is 0 Å². The number of nitrogens with zero attached hydrogens (tertiary/aromatic N) is 2. The monoisotopic (exact) mass is 563 g/mol. The lowest BCUT2D eigenvalue weighted by molar-refractivity contribution is -0.140. The highest BCUT2D eigenvalue weighted by Crippen LogP contribution is 2.26. The molecule has 0 heterocycles. The van der Waals surface area contributed by atoms with Gasteiger partial charge >= 0.3 is 0 Å². The molecule has 0 bridgehead atoms. The summed E-state index contributed by atoms with van der Waals surface area (Å²) in [4.78, 5) is 28.8. The Balaban J connectivity index is 1.92. The molecular formula is C28H38ClN3O5S. The van der Waals surface area contributed by atoms with Gasteiger partial charge in [0.2, 0.25) is 21.8 Å². The summed E-state index contributed by atoms with van der Waals surface area (Å²) in [5, 5.41) is 3.54. The van der Waals surface area contributed by atoms with Gasteiger partial charge in [0.05, 0.1) is 19.1 Å². The first-order valence-electron chi connectivity index (χ1n) is 13.0. The SMILES string of the molecule is CCC(C(=O)NC1CCCCC1)N(Cc1ccc(OC)cc1)C(=O)CN(c1ccc(C)c(Cl)c1)S(C)(=O)=O. The number of amides is 2. The molecule has 1 saturated carbocycles. The van der Waals surface area contributed by atoms with Gasteiger partial charge in [-0.05, 0) is 61.6 Å². The number of benzene rings is 2. The first-order chi connectivity index (χ1) is 18.0. The highest BCUT2D eigenvalue weighted by molar-refractivity contribution is 7.92. The lowest BCUT2D eigenvalue weighted by Gasteiger charge is -2.34. The fraction of sp³-hybridized carbons (Fsp3) is 0.500. The molecule has 1 aliphatic rings. The second-order valence-corrected chi connectivity index (χ2v) is 12.2. The van der Waals surface area contributed by atoms with Crippen molar-refractivity contribution < 1.29 is 22.7 Å². The van der Waals surface area contributed by atoms with E-state index in [1.165, 1.54) is 11.0 Å².